The number of amides is 2. The van der Waals surface area contributed by atoms with Crippen molar-refractivity contribution in [2.75, 3.05) is 40.1 Å². The van der Waals surface area contributed by atoms with Gasteiger partial charge in [-0.2, -0.15) is 0 Å². The van der Waals surface area contributed by atoms with E-state index in [-0.39, 0.29) is 13.2 Å². The third-order valence-corrected chi connectivity index (χ3v) is 3.26. The van der Waals surface area contributed by atoms with Crippen molar-refractivity contribution >= 4 is 17.8 Å². The van der Waals surface area contributed by atoms with Crippen LogP contribution in [0.25, 0.3) is 0 Å². The monoisotopic (exact) mass is 331 g/mol. The number of carbonyl (C=O) groups is 3. The molecular formula is C14H25N3O6. The lowest BCUT2D eigenvalue weighted by Crippen LogP contribution is -2.50. The first-order chi connectivity index (χ1) is 11.0. The Morgan fingerprint density at radius 3 is 2.61 bits per heavy atom. The van der Waals surface area contributed by atoms with Crippen LogP contribution in [0.2, 0.25) is 0 Å². The number of nitrogens with one attached hydrogen (secondary N) is 2. The Morgan fingerprint density at radius 1 is 1.22 bits per heavy atom. The second-order valence-corrected chi connectivity index (χ2v) is 5.15. The van der Waals surface area contributed by atoms with Gasteiger partial charge >= 0.3 is 5.97 Å². The average molecular weight is 331 g/mol. The third kappa shape index (κ3) is 7.91. The molecule has 0 aliphatic carbocycles. The minimum atomic E-state index is -0.844. The predicted octanol–water partition coefficient (Wildman–Crippen LogP) is -1.70. The Balaban J connectivity index is 2.59. The average Bonchev–Trinajstić information content (AvgIpc) is 2.55. The minimum absolute atomic E-state index is 0.0824. The molecule has 9 nitrogen and oxygen atoms in total. The van der Waals surface area contributed by atoms with Gasteiger partial charge in [0.25, 0.3) is 0 Å². The Morgan fingerprint density at radius 2 is 1.91 bits per heavy atom. The summed E-state index contributed by atoms with van der Waals surface area (Å²) >= 11 is 0. The summed E-state index contributed by atoms with van der Waals surface area (Å²) in [6, 6.07) is -1.65. The quantitative estimate of drug-likeness (QED) is 0.489. The topological polar surface area (TPSA) is 129 Å². The Hall–Kier alpha value is -1.71. The molecule has 23 heavy (non-hydrogen) atoms. The van der Waals surface area contributed by atoms with Crippen molar-refractivity contribution in [2.45, 2.75) is 31.3 Å². The van der Waals surface area contributed by atoms with Gasteiger partial charge in [0.15, 0.2) is 0 Å². The molecule has 132 valence electrons. The number of methoxy groups -OCH3 is 1. The molecule has 2 unspecified atom stereocenters. The van der Waals surface area contributed by atoms with E-state index in [2.05, 4.69) is 15.4 Å². The maximum Gasteiger partial charge on any atom is 0.328 e. The smallest absolute Gasteiger partial charge is 0.328 e. The van der Waals surface area contributed by atoms with Gasteiger partial charge in [-0.3, -0.25) is 9.59 Å². The van der Waals surface area contributed by atoms with Crippen LogP contribution in [0.15, 0.2) is 0 Å². The standard InChI is InChI=1S/C14H25N3O6/c1-21-14(20)11-4-7-22-5-2-3-6-23-9-10(15)13(19)16-8-12(18)17-11/h10-11H,2-9,15H2,1H3,(H,16,19)(H,17,18). The predicted molar refractivity (Wildman–Crippen MR) is 80.4 cm³/mol. The van der Waals surface area contributed by atoms with E-state index < -0.39 is 29.9 Å². The molecule has 0 aromatic rings. The highest BCUT2D eigenvalue weighted by atomic mass is 16.5. The van der Waals surface area contributed by atoms with Gasteiger partial charge in [-0.1, -0.05) is 0 Å². The van der Waals surface area contributed by atoms with E-state index in [9.17, 15) is 14.4 Å². The van der Waals surface area contributed by atoms with E-state index in [1.54, 1.807) is 0 Å². The zero-order valence-corrected chi connectivity index (χ0v) is 13.3. The number of esters is 1. The lowest BCUT2D eigenvalue weighted by atomic mass is 10.2. The molecule has 0 bridgehead atoms. The molecule has 1 fully saturated rings. The van der Waals surface area contributed by atoms with Crippen molar-refractivity contribution in [1.29, 1.82) is 0 Å². The molecule has 0 aromatic carbocycles. The molecule has 2 atom stereocenters. The van der Waals surface area contributed by atoms with E-state index in [0.717, 1.165) is 12.8 Å². The summed E-state index contributed by atoms with van der Waals surface area (Å²) < 4.78 is 15.4. The van der Waals surface area contributed by atoms with Gasteiger partial charge in [0.1, 0.15) is 12.1 Å². The second-order valence-electron chi connectivity index (χ2n) is 5.15. The summed E-state index contributed by atoms with van der Waals surface area (Å²) in [4.78, 5) is 35.2. The van der Waals surface area contributed by atoms with Crippen LogP contribution in [0.3, 0.4) is 0 Å². The van der Waals surface area contributed by atoms with E-state index in [0.29, 0.717) is 26.2 Å². The van der Waals surface area contributed by atoms with Crippen LogP contribution in [0.4, 0.5) is 0 Å². The van der Waals surface area contributed by atoms with Crippen molar-refractivity contribution in [2.24, 2.45) is 5.73 Å². The summed E-state index contributed by atoms with van der Waals surface area (Å²) in [6.07, 6.45) is 1.87. The van der Waals surface area contributed by atoms with Crippen LogP contribution < -0.4 is 16.4 Å². The van der Waals surface area contributed by atoms with Crippen LogP contribution in [-0.4, -0.2) is 69.9 Å². The highest BCUT2D eigenvalue weighted by Gasteiger charge is 2.22. The first-order valence-electron chi connectivity index (χ1n) is 7.60. The lowest BCUT2D eigenvalue weighted by molar-refractivity contribution is -0.145. The van der Waals surface area contributed by atoms with E-state index >= 15 is 0 Å². The first-order valence-corrected chi connectivity index (χ1v) is 7.60. The number of ether oxygens (including phenoxy) is 3. The Kier molecular flexibility index (Phi) is 9.18. The highest BCUT2D eigenvalue weighted by Crippen LogP contribution is 1.99. The van der Waals surface area contributed by atoms with E-state index in [1.165, 1.54) is 7.11 Å². The largest absolute Gasteiger partial charge is 0.467 e. The molecule has 0 aromatic heterocycles. The van der Waals surface area contributed by atoms with Crippen LogP contribution in [-0.2, 0) is 28.6 Å². The van der Waals surface area contributed by atoms with Crippen molar-refractivity contribution in [3.05, 3.63) is 0 Å². The molecule has 1 aliphatic rings. The summed E-state index contributed by atoms with van der Waals surface area (Å²) in [5.74, 6) is -1.54. The van der Waals surface area contributed by atoms with Gasteiger partial charge in [-0.15, -0.1) is 0 Å². The fourth-order valence-electron chi connectivity index (χ4n) is 1.93. The number of hydrogen-bond acceptors (Lipinski definition) is 7. The molecule has 2 amide bonds. The third-order valence-electron chi connectivity index (χ3n) is 3.26. The normalized spacial score (nSPS) is 26.0. The molecule has 1 rings (SSSR count). The Labute approximate surface area is 135 Å². The number of nitrogens with two attached hydrogens (primary N) is 1. The molecule has 0 radical (unpaired) electrons. The summed E-state index contributed by atoms with van der Waals surface area (Å²) in [5.41, 5.74) is 5.66. The lowest BCUT2D eigenvalue weighted by Gasteiger charge is -2.18. The van der Waals surface area contributed by atoms with Crippen LogP contribution in [0, 0.1) is 0 Å². The van der Waals surface area contributed by atoms with Crippen molar-refractivity contribution in [3.8, 4) is 0 Å². The molecule has 0 spiro atoms. The zero-order valence-electron chi connectivity index (χ0n) is 13.3. The molecule has 1 heterocycles. The van der Waals surface area contributed by atoms with Gasteiger partial charge in [0, 0.05) is 26.2 Å². The first kappa shape index (κ1) is 19.3. The van der Waals surface area contributed by atoms with Crippen molar-refractivity contribution < 1.29 is 28.6 Å². The Bertz CT molecular complexity index is 404. The van der Waals surface area contributed by atoms with Gasteiger partial charge in [-0.25, -0.2) is 4.79 Å². The van der Waals surface area contributed by atoms with Crippen LogP contribution in [0.1, 0.15) is 19.3 Å². The number of rotatable bonds is 1. The zero-order chi connectivity index (χ0) is 17.1. The molecule has 1 aliphatic heterocycles. The highest BCUT2D eigenvalue weighted by molar-refractivity contribution is 5.89. The maximum atomic E-state index is 11.8. The summed E-state index contributed by atoms with van der Waals surface area (Å²) in [6.45, 7) is 1.13. The maximum absolute atomic E-state index is 11.8. The minimum Gasteiger partial charge on any atom is -0.467 e. The fourth-order valence-corrected chi connectivity index (χ4v) is 1.93. The fraction of sp³-hybridized carbons (Fsp3) is 0.786. The molecule has 4 N–H and O–H groups in total. The number of hydrogen-bond donors (Lipinski definition) is 3. The van der Waals surface area contributed by atoms with E-state index in [4.69, 9.17) is 15.2 Å². The molecule has 1 saturated heterocycles. The molecule has 9 heteroatoms. The number of carbonyl (C=O) groups excluding carboxylic acids is 3. The SMILES string of the molecule is COC(=O)C1CCOCCCCOCC(N)C(=O)NCC(=O)N1. The van der Waals surface area contributed by atoms with Gasteiger partial charge < -0.3 is 30.6 Å². The second kappa shape index (κ2) is 10.9. The van der Waals surface area contributed by atoms with Crippen molar-refractivity contribution in [3.63, 3.8) is 0 Å². The van der Waals surface area contributed by atoms with Crippen molar-refractivity contribution in [1.82, 2.24) is 10.6 Å². The van der Waals surface area contributed by atoms with Gasteiger partial charge in [-0.05, 0) is 12.8 Å². The summed E-state index contributed by atoms with van der Waals surface area (Å²) in [7, 11) is 1.25. The van der Waals surface area contributed by atoms with Crippen LogP contribution in [0.5, 0.6) is 0 Å². The van der Waals surface area contributed by atoms with E-state index in [1.807, 2.05) is 0 Å². The molecular weight excluding hydrogens is 306 g/mol. The van der Waals surface area contributed by atoms with Gasteiger partial charge in [0.05, 0.1) is 20.3 Å². The van der Waals surface area contributed by atoms with Gasteiger partial charge in [0.2, 0.25) is 11.8 Å². The van der Waals surface area contributed by atoms with Crippen LogP contribution >= 0.6 is 0 Å². The molecule has 0 saturated carbocycles. The summed E-state index contributed by atoms with van der Waals surface area (Å²) in [5, 5.41) is 4.91.